The summed E-state index contributed by atoms with van der Waals surface area (Å²) in [4.78, 5) is 0.232. The summed E-state index contributed by atoms with van der Waals surface area (Å²) < 4.78 is 43.0. The summed E-state index contributed by atoms with van der Waals surface area (Å²) in [6.45, 7) is 7.86. The van der Waals surface area contributed by atoms with Crippen molar-refractivity contribution in [2.45, 2.75) is 50.5 Å². The Balaban J connectivity index is 1.67. The second-order valence-corrected chi connectivity index (χ2v) is 10.4. The van der Waals surface area contributed by atoms with Crippen molar-refractivity contribution in [3.8, 4) is 0 Å². The number of benzene rings is 3. The summed E-state index contributed by atoms with van der Waals surface area (Å²) >= 11 is 0. The van der Waals surface area contributed by atoms with Gasteiger partial charge in [-0.05, 0) is 80.5 Å². The summed E-state index contributed by atoms with van der Waals surface area (Å²) in [5, 5.41) is 0. The highest BCUT2D eigenvalue weighted by atomic mass is 32.2. The lowest BCUT2D eigenvalue weighted by atomic mass is 9.93. The molecule has 3 nitrogen and oxygen atoms in total. The number of nitrogens with zero attached hydrogens (tertiary/aromatic N) is 1. The van der Waals surface area contributed by atoms with E-state index in [-0.39, 0.29) is 10.9 Å². The predicted octanol–water partition coefficient (Wildman–Crippen LogP) is 6.31. The van der Waals surface area contributed by atoms with Crippen molar-refractivity contribution in [2.75, 3.05) is 4.31 Å². The molecule has 0 bridgehead atoms. The minimum absolute atomic E-state index is 0.232. The van der Waals surface area contributed by atoms with Gasteiger partial charge in [-0.15, -0.1) is 0 Å². The van der Waals surface area contributed by atoms with Crippen LogP contribution in [0.1, 0.15) is 42.0 Å². The largest absolute Gasteiger partial charge is 0.264 e. The van der Waals surface area contributed by atoms with E-state index >= 15 is 0 Å². The molecule has 3 aromatic carbocycles. The number of sulfonamides is 1. The molecule has 1 aliphatic rings. The fourth-order valence-corrected chi connectivity index (χ4v) is 6.03. The van der Waals surface area contributed by atoms with Crippen molar-refractivity contribution in [3.63, 3.8) is 0 Å². The molecule has 1 unspecified atom stereocenters. The normalized spacial score (nSPS) is 16.0. The van der Waals surface area contributed by atoms with E-state index < -0.39 is 15.8 Å². The highest BCUT2D eigenvalue weighted by Crippen LogP contribution is 2.37. The van der Waals surface area contributed by atoms with Gasteiger partial charge in [-0.1, -0.05) is 60.2 Å². The summed E-state index contributed by atoms with van der Waals surface area (Å²) in [6, 6.07) is 19.3. The van der Waals surface area contributed by atoms with Crippen LogP contribution in [-0.2, 0) is 22.9 Å². The lowest BCUT2D eigenvalue weighted by molar-refractivity contribution is 0.521. The van der Waals surface area contributed by atoms with Crippen molar-refractivity contribution >= 4 is 21.3 Å². The lowest BCUT2D eigenvalue weighted by Gasteiger charge is -2.38. The van der Waals surface area contributed by atoms with Crippen molar-refractivity contribution in [3.05, 3.63) is 101 Å². The Labute approximate surface area is 190 Å². The van der Waals surface area contributed by atoms with Gasteiger partial charge in [-0.3, -0.25) is 4.31 Å². The van der Waals surface area contributed by atoms with E-state index in [1.165, 1.54) is 16.4 Å². The Morgan fingerprint density at radius 2 is 1.75 bits per heavy atom. The Kier molecular flexibility index (Phi) is 6.20. The molecule has 0 saturated heterocycles. The van der Waals surface area contributed by atoms with Gasteiger partial charge in [-0.25, -0.2) is 12.8 Å². The minimum atomic E-state index is -3.83. The van der Waals surface area contributed by atoms with Crippen molar-refractivity contribution in [1.29, 1.82) is 0 Å². The summed E-state index contributed by atoms with van der Waals surface area (Å²) in [5.74, 6) is -0.427. The van der Waals surface area contributed by atoms with Crippen LogP contribution >= 0.6 is 0 Å². The topological polar surface area (TPSA) is 37.4 Å². The first-order chi connectivity index (χ1) is 15.3. The molecule has 0 saturated carbocycles. The van der Waals surface area contributed by atoms with Crippen LogP contribution < -0.4 is 4.31 Å². The lowest BCUT2D eigenvalue weighted by Crippen LogP contribution is -2.44. The third-order valence-electron chi connectivity index (χ3n) is 6.15. The molecule has 1 atom stereocenters. The van der Waals surface area contributed by atoms with E-state index in [2.05, 4.69) is 18.7 Å². The van der Waals surface area contributed by atoms with E-state index in [4.69, 9.17) is 0 Å². The first-order valence-electron chi connectivity index (χ1n) is 10.9. The number of halogens is 1. The smallest absolute Gasteiger partial charge is 0.263 e. The van der Waals surface area contributed by atoms with Crippen LogP contribution in [0.5, 0.6) is 0 Å². The molecule has 0 N–H and O–H groups in total. The molecular weight excluding hydrogens is 421 g/mol. The van der Waals surface area contributed by atoms with Crippen LogP contribution in [0.4, 0.5) is 10.1 Å². The maximum absolute atomic E-state index is 14.2. The van der Waals surface area contributed by atoms with Gasteiger partial charge in [0.25, 0.3) is 10.0 Å². The molecule has 166 valence electrons. The van der Waals surface area contributed by atoms with Gasteiger partial charge in [0.05, 0.1) is 10.6 Å². The Morgan fingerprint density at radius 1 is 1.06 bits per heavy atom. The maximum Gasteiger partial charge on any atom is 0.264 e. The number of anilines is 1. The molecular formula is C27H28FNO2S. The Bertz CT molecular complexity index is 1230. The van der Waals surface area contributed by atoms with Crippen molar-refractivity contribution in [1.82, 2.24) is 0 Å². The van der Waals surface area contributed by atoms with Gasteiger partial charge in [0, 0.05) is 6.04 Å². The molecule has 1 heterocycles. The second kappa shape index (κ2) is 8.91. The molecule has 3 aromatic rings. The van der Waals surface area contributed by atoms with Gasteiger partial charge in [0.2, 0.25) is 0 Å². The van der Waals surface area contributed by atoms with Crippen LogP contribution in [-0.4, -0.2) is 14.5 Å². The van der Waals surface area contributed by atoms with Crippen LogP contribution in [0.15, 0.2) is 78.2 Å². The summed E-state index contributed by atoms with van der Waals surface area (Å²) in [7, 11) is -3.83. The third-order valence-corrected chi connectivity index (χ3v) is 8.03. The summed E-state index contributed by atoms with van der Waals surface area (Å²) in [6.07, 6.45) is 2.83. The number of fused-ring (bicyclic) bond motifs is 1. The number of hydrogen-bond donors (Lipinski definition) is 0. The number of aryl methyl sites for hydroxylation is 3. The zero-order valence-corrected chi connectivity index (χ0v) is 19.3. The van der Waals surface area contributed by atoms with Gasteiger partial charge in [-0.2, -0.15) is 0 Å². The molecule has 0 aliphatic carbocycles. The Hall–Kier alpha value is -2.92. The van der Waals surface area contributed by atoms with Gasteiger partial charge >= 0.3 is 0 Å². The number of rotatable bonds is 6. The van der Waals surface area contributed by atoms with Crippen LogP contribution in [0, 0.1) is 12.7 Å². The number of allylic oxidation sites excluding steroid dienone is 1. The van der Waals surface area contributed by atoms with Gasteiger partial charge in [0.1, 0.15) is 5.82 Å². The Morgan fingerprint density at radius 3 is 2.41 bits per heavy atom. The monoisotopic (exact) mass is 449 g/mol. The van der Waals surface area contributed by atoms with Crippen molar-refractivity contribution < 1.29 is 12.8 Å². The van der Waals surface area contributed by atoms with E-state index in [9.17, 15) is 12.8 Å². The van der Waals surface area contributed by atoms with Crippen LogP contribution in [0.2, 0.25) is 0 Å². The summed E-state index contributed by atoms with van der Waals surface area (Å²) in [5.41, 5.74) is 5.57. The van der Waals surface area contributed by atoms with Crippen molar-refractivity contribution in [2.24, 2.45) is 0 Å². The predicted molar refractivity (Wildman–Crippen MR) is 129 cm³/mol. The highest BCUT2D eigenvalue weighted by molar-refractivity contribution is 7.92. The van der Waals surface area contributed by atoms with Crippen LogP contribution in [0.3, 0.4) is 0 Å². The standard InChI is InChI=1S/C27H28FNO2S/c1-19(2)22-9-6-21(7-10-22)8-14-25-15-12-23-11-13-24(28)18-27(23)29(25)32(30,31)26-16-4-20(3)5-17-26/h4-7,9-11,13,16-18,25H,1,8,12,14-15H2,2-3H3. The molecule has 4 rings (SSSR count). The molecule has 0 radical (unpaired) electrons. The molecule has 32 heavy (non-hydrogen) atoms. The van der Waals surface area contributed by atoms with Gasteiger partial charge < -0.3 is 0 Å². The molecule has 5 heteroatoms. The fraction of sp³-hybridized carbons (Fsp3) is 0.259. The average Bonchev–Trinajstić information content (AvgIpc) is 2.77. The third kappa shape index (κ3) is 4.49. The molecule has 0 fully saturated rings. The zero-order valence-electron chi connectivity index (χ0n) is 18.5. The second-order valence-electron chi connectivity index (χ2n) is 8.60. The molecule has 1 aliphatic heterocycles. The average molecular weight is 450 g/mol. The van der Waals surface area contributed by atoms with E-state index in [1.54, 1.807) is 30.3 Å². The SMILES string of the molecule is C=C(C)c1ccc(CCC2CCc3ccc(F)cc3N2S(=O)(=O)c2ccc(C)cc2)cc1. The van der Waals surface area contributed by atoms with Crippen LogP contribution in [0.25, 0.3) is 5.57 Å². The molecule has 0 amide bonds. The first-order valence-corrected chi connectivity index (χ1v) is 12.3. The zero-order chi connectivity index (χ0) is 22.9. The van der Waals surface area contributed by atoms with E-state index in [0.29, 0.717) is 18.5 Å². The maximum atomic E-state index is 14.2. The molecule has 0 spiro atoms. The molecule has 0 aromatic heterocycles. The fourth-order valence-electron chi connectivity index (χ4n) is 4.29. The quantitative estimate of drug-likeness (QED) is 0.442. The first kappa shape index (κ1) is 22.3. The van der Waals surface area contributed by atoms with E-state index in [0.717, 1.165) is 40.7 Å². The minimum Gasteiger partial charge on any atom is -0.263 e. The van der Waals surface area contributed by atoms with E-state index in [1.807, 2.05) is 26.0 Å². The highest BCUT2D eigenvalue weighted by Gasteiger charge is 2.36. The number of hydrogen-bond acceptors (Lipinski definition) is 2. The van der Waals surface area contributed by atoms with Gasteiger partial charge in [0.15, 0.2) is 0 Å².